The minimum Gasteiger partial charge on any atom is -0.339 e. The van der Waals surface area contributed by atoms with Gasteiger partial charge < -0.3 is 9.84 Å². The fourth-order valence-electron chi connectivity index (χ4n) is 6.12. The molecule has 4 aliphatic rings. The van der Waals surface area contributed by atoms with Crippen LogP contribution in [0.15, 0.2) is 9.90 Å². The molecule has 6 nitrogen and oxygen atoms in total. The van der Waals surface area contributed by atoms with Crippen LogP contribution in [0.2, 0.25) is 0 Å². The van der Waals surface area contributed by atoms with Gasteiger partial charge in [0.15, 0.2) is 11.0 Å². The molecule has 4 saturated carbocycles. The summed E-state index contributed by atoms with van der Waals surface area (Å²) in [6.07, 6.45) is 10.8. The lowest BCUT2D eigenvalue weighted by molar-refractivity contribution is -0.116. The van der Waals surface area contributed by atoms with Crippen LogP contribution in [0.5, 0.6) is 0 Å². The zero-order valence-corrected chi connectivity index (χ0v) is 17.3. The number of anilines is 1. The first-order valence-corrected chi connectivity index (χ1v) is 11.6. The maximum absolute atomic E-state index is 12.3. The van der Waals surface area contributed by atoms with E-state index in [0.29, 0.717) is 18.7 Å². The third-order valence-electron chi connectivity index (χ3n) is 6.88. The zero-order valence-electron chi connectivity index (χ0n) is 16.4. The highest BCUT2D eigenvalue weighted by molar-refractivity contribution is 7.13. The molecule has 0 aliphatic heterocycles. The summed E-state index contributed by atoms with van der Waals surface area (Å²) in [4.78, 5) is 21.5. The quantitative estimate of drug-likeness (QED) is 0.739. The molecule has 4 bridgehead atoms. The molecule has 0 spiro atoms. The zero-order chi connectivity index (χ0) is 19.1. The monoisotopic (exact) mass is 400 g/mol. The molecule has 0 saturated heterocycles. The number of aryl methyl sites for hydroxylation is 2. The second kappa shape index (κ2) is 7.25. The number of nitrogens with zero attached hydrogens (tertiary/aromatic N) is 3. The Balaban J connectivity index is 1.19. The van der Waals surface area contributed by atoms with Gasteiger partial charge in [0.1, 0.15) is 0 Å². The Bertz CT molecular complexity index is 823. The molecule has 1 amide bonds. The normalized spacial score (nSPS) is 30.7. The standard InChI is InChI=1S/C21H28N4O2S/c1-2-3-17-23-19(27-25-17)5-4-18(26)24-20-22-16(12-28-20)21-9-13-6-14(10-21)8-15(7-13)11-21/h12-15H,2-11H2,1H3,(H,22,24,26). The van der Waals surface area contributed by atoms with Gasteiger partial charge in [0.2, 0.25) is 11.8 Å². The number of thiazole rings is 1. The van der Waals surface area contributed by atoms with E-state index in [1.807, 2.05) is 0 Å². The highest BCUT2D eigenvalue weighted by Crippen LogP contribution is 2.60. The predicted molar refractivity (Wildman–Crippen MR) is 107 cm³/mol. The van der Waals surface area contributed by atoms with Gasteiger partial charge in [0, 0.05) is 30.1 Å². The Labute approximate surface area is 169 Å². The number of aromatic nitrogens is 3. The van der Waals surface area contributed by atoms with Crippen LogP contribution in [0.4, 0.5) is 5.13 Å². The first-order chi connectivity index (χ1) is 13.6. The Morgan fingerprint density at radius 1 is 1.18 bits per heavy atom. The van der Waals surface area contributed by atoms with E-state index in [-0.39, 0.29) is 11.3 Å². The largest absolute Gasteiger partial charge is 0.339 e. The molecule has 7 heteroatoms. The van der Waals surface area contributed by atoms with Crippen LogP contribution in [0.25, 0.3) is 0 Å². The highest BCUT2D eigenvalue weighted by atomic mass is 32.1. The van der Waals surface area contributed by atoms with E-state index in [0.717, 1.165) is 41.6 Å². The predicted octanol–water partition coefficient (Wildman–Crippen LogP) is 4.52. The molecule has 1 N–H and O–H groups in total. The van der Waals surface area contributed by atoms with Crippen LogP contribution >= 0.6 is 11.3 Å². The molecule has 6 rings (SSSR count). The fourth-order valence-corrected chi connectivity index (χ4v) is 6.97. The van der Waals surface area contributed by atoms with Gasteiger partial charge in [-0.3, -0.25) is 4.79 Å². The first kappa shape index (κ1) is 18.3. The van der Waals surface area contributed by atoms with Gasteiger partial charge in [-0.2, -0.15) is 4.98 Å². The molecular weight excluding hydrogens is 372 g/mol. The average Bonchev–Trinajstić information content (AvgIpc) is 3.29. The number of rotatable bonds is 7. The van der Waals surface area contributed by atoms with Crippen LogP contribution in [0.3, 0.4) is 0 Å². The van der Waals surface area contributed by atoms with Crippen molar-refractivity contribution in [2.45, 2.75) is 76.5 Å². The molecule has 4 aliphatic carbocycles. The van der Waals surface area contributed by atoms with Crippen LogP contribution in [0, 0.1) is 17.8 Å². The Kier molecular flexibility index (Phi) is 4.73. The second-order valence-corrected chi connectivity index (χ2v) is 10.00. The molecule has 4 fully saturated rings. The summed E-state index contributed by atoms with van der Waals surface area (Å²) in [6.45, 7) is 2.08. The molecule has 2 aromatic heterocycles. The number of hydrogen-bond acceptors (Lipinski definition) is 6. The molecule has 28 heavy (non-hydrogen) atoms. The van der Waals surface area contributed by atoms with E-state index in [9.17, 15) is 4.79 Å². The van der Waals surface area contributed by atoms with Gasteiger partial charge >= 0.3 is 0 Å². The van der Waals surface area contributed by atoms with Gasteiger partial charge in [-0.15, -0.1) is 11.3 Å². The van der Waals surface area contributed by atoms with Crippen molar-refractivity contribution in [2.24, 2.45) is 17.8 Å². The van der Waals surface area contributed by atoms with Gasteiger partial charge in [-0.05, 0) is 62.7 Å². The average molecular weight is 401 g/mol. The Hall–Kier alpha value is -1.76. The molecule has 150 valence electrons. The minimum absolute atomic E-state index is 0.0401. The van der Waals surface area contributed by atoms with E-state index < -0.39 is 0 Å². The maximum atomic E-state index is 12.3. The maximum Gasteiger partial charge on any atom is 0.227 e. The number of carbonyl (C=O) groups excluding carboxylic acids is 1. The smallest absolute Gasteiger partial charge is 0.227 e. The molecule has 0 unspecified atom stereocenters. The topological polar surface area (TPSA) is 80.9 Å². The van der Waals surface area contributed by atoms with Crippen molar-refractivity contribution >= 4 is 22.4 Å². The third kappa shape index (κ3) is 3.49. The minimum atomic E-state index is -0.0401. The second-order valence-electron chi connectivity index (χ2n) is 9.14. The van der Waals surface area contributed by atoms with Crippen molar-refractivity contribution in [3.8, 4) is 0 Å². The van der Waals surface area contributed by atoms with Gasteiger partial charge in [0.25, 0.3) is 0 Å². The first-order valence-electron chi connectivity index (χ1n) is 10.7. The summed E-state index contributed by atoms with van der Waals surface area (Å²) >= 11 is 1.56. The lowest BCUT2D eigenvalue weighted by Gasteiger charge is -2.56. The van der Waals surface area contributed by atoms with Crippen LogP contribution < -0.4 is 5.32 Å². The molecule has 0 radical (unpaired) electrons. The SMILES string of the molecule is CCCc1noc(CCC(=O)Nc2nc(C34CC5CC(CC(C5)C3)C4)cs2)n1. The van der Waals surface area contributed by atoms with Gasteiger partial charge in [-0.1, -0.05) is 12.1 Å². The summed E-state index contributed by atoms with van der Waals surface area (Å²) in [5.41, 5.74) is 1.52. The van der Waals surface area contributed by atoms with Gasteiger partial charge in [-0.25, -0.2) is 4.98 Å². The fraction of sp³-hybridized carbons (Fsp3) is 0.714. The van der Waals surface area contributed by atoms with Crippen molar-refractivity contribution < 1.29 is 9.32 Å². The van der Waals surface area contributed by atoms with Crippen LogP contribution in [0.1, 0.15) is 75.7 Å². The number of carbonyl (C=O) groups is 1. The Morgan fingerprint density at radius 3 is 2.57 bits per heavy atom. The van der Waals surface area contributed by atoms with Crippen LogP contribution in [-0.2, 0) is 23.1 Å². The van der Waals surface area contributed by atoms with Crippen molar-refractivity contribution in [1.82, 2.24) is 15.1 Å². The van der Waals surface area contributed by atoms with E-state index in [1.165, 1.54) is 44.2 Å². The lowest BCUT2D eigenvalue weighted by Crippen LogP contribution is -2.48. The van der Waals surface area contributed by atoms with Crippen molar-refractivity contribution in [1.29, 1.82) is 0 Å². The summed E-state index contributed by atoms with van der Waals surface area (Å²) in [5, 5.41) is 9.83. The van der Waals surface area contributed by atoms with E-state index in [4.69, 9.17) is 9.51 Å². The lowest BCUT2D eigenvalue weighted by atomic mass is 9.49. The molecule has 2 heterocycles. The number of amides is 1. The summed E-state index contributed by atoms with van der Waals surface area (Å²) in [5.74, 6) is 3.92. The third-order valence-corrected chi connectivity index (χ3v) is 7.64. The molecular formula is C21H28N4O2S. The van der Waals surface area contributed by atoms with E-state index in [1.54, 1.807) is 11.3 Å². The summed E-state index contributed by atoms with van der Waals surface area (Å²) in [7, 11) is 0. The van der Waals surface area contributed by atoms with Crippen molar-refractivity contribution in [2.75, 3.05) is 5.32 Å². The Morgan fingerprint density at radius 2 is 1.89 bits per heavy atom. The summed E-state index contributed by atoms with van der Waals surface area (Å²) < 4.78 is 5.21. The van der Waals surface area contributed by atoms with Gasteiger partial charge in [0.05, 0.1) is 5.69 Å². The highest BCUT2D eigenvalue weighted by Gasteiger charge is 2.52. The number of hydrogen-bond donors (Lipinski definition) is 1. The van der Waals surface area contributed by atoms with E-state index in [2.05, 4.69) is 27.8 Å². The van der Waals surface area contributed by atoms with Crippen LogP contribution in [-0.4, -0.2) is 21.0 Å². The van der Waals surface area contributed by atoms with E-state index >= 15 is 0 Å². The van der Waals surface area contributed by atoms with Crippen molar-refractivity contribution in [3.05, 3.63) is 22.8 Å². The molecule has 2 aromatic rings. The molecule has 0 aromatic carbocycles. The summed E-state index contributed by atoms with van der Waals surface area (Å²) in [6, 6.07) is 0. The number of nitrogens with one attached hydrogen (secondary N) is 1. The van der Waals surface area contributed by atoms with Crippen molar-refractivity contribution in [3.63, 3.8) is 0 Å². The molecule has 0 atom stereocenters.